The lowest BCUT2D eigenvalue weighted by Gasteiger charge is -2.26. The fourth-order valence-corrected chi connectivity index (χ4v) is 3.43. The van der Waals surface area contributed by atoms with E-state index in [2.05, 4.69) is 27.9 Å². The zero-order chi connectivity index (χ0) is 20.4. The molecule has 28 heavy (non-hydrogen) atoms. The molecule has 0 radical (unpaired) electrons. The SMILES string of the molecule is COc1cc(I)cc(/C=C2\C(=O)NC(=O)N(c3ccc(C)cc3)C2=O)c1OC. The number of carbonyl (C=O) groups excluding carboxylic acids is 3. The topological polar surface area (TPSA) is 84.9 Å². The Morgan fingerprint density at radius 1 is 1.04 bits per heavy atom. The van der Waals surface area contributed by atoms with E-state index >= 15 is 0 Å². The van der Waals surface area contributed by atoms with Crippen LogP contribution in [0, 0.1) is 10.5 Å². The van der Waals surface area contributed by atoms with Crippen molar-refractivity contribution >= 4 is 52.2 Å². The average molecular weight is 492 g/mol. The monoisotopic (exact) mass is 492 g/mol. The van der Waals surface area contributed by atoms with Crippen molar-refractivity contribution in [2.75, 3.05) is 19.1 Å². The van der Waals surface area contributed by atoms with E-state index in [0.29, 0.717) is 22.7 Å². The van der Waals surface area contributed by atoms with E-state index in [1.54, 1.807) is 36.4 Å². The Kier molecular flexibility index (Phi) is 5.68. The quantitative estimate of drug-likeness (QED) is 0.403. The van der Waals surface area contributed by atoms with Crippen molar-refractivity contribution in [2.45, 2.75) is 6.92 Å². The maximum Gasteiger partial charge on any atom is 0.335 e. The zero-order valence-electron chi connectivity index (χ0n) is 15.4. The van der Waals surface area contributed by atoms with E-state index < -0.39 is 17.8 Å². The Labute approximate surface area is 175 Å². The number of nitrogens with zero attached hydrogens (tertiary/aromatic N) is 1. The minimum absolute atomic E-state index is 0.178. The molecule has 1 heterocycles. The minimum Gasteiger partial charge on any atom is -0.493 e. The number of carbonyl (C=O) groups is 3. The smallest absolute Gasteiger partial charge is 0.335 e. The minimum atomic E-state index is -0.789. The first-order chi connectivity index (χ1) is 13.3. The van der Waals surface area contributed by atoms with Gasteiger partial charge >= 0.3 is 6.03 Å². The van der Waals surface area contributed by atoms with Crippen molar-refractivity contribution in [3.63, 3.8) is 0 Å². The van der Waals surface area contributed by atoms with Crippen LogP contribution < -0.4 is 19.7 Å². The largest absolute Gasteiger partial charge is 0.493 e. The molecule has 1 N–H and O–H groups in total. The summed E-state index contributed by atoms with van der Waals surface area (Å²) in [5.74, 6) is -0.623. The van der Waals surface area contributed by atoms with E-state index in [4.69, 9.17) is 9.47 Å². The molecular formula is C20H17IN2O5. The van der Waals surface area contributed by atoms with Crippen LogP contribution in [0.3, 0.4) is 0 Å². The lowest BCUT2D eigenvalue weighted by Crippen LogP contribution is -2.54. The number of hydrogen-bond acceptors (Lipinski definition) is 5. The van der Waals surface area contributed by atoms with Crippen LogP contribution in [0.4, 0.5) is 10.5 Å². The van der Waals surface area contributed by atoms with E-state index in [1.807, 2.05) is 6.92 Å². The van der Waals surface area contributed by atoms with Gasteiger partial charge in [0.2, 0.25) is 0 Å². The van der Waals surface area contributed by atoms with Crippen LogP contribution in [-0.4, -0.2) is 32.1 Å². The zero-order valence-corrected chi connectivity index (χ0v) is 17.6. The summed E-state index contributed by atoms with van der Waals surface area (Å²) in [5.41, 5.74) is 1.67. The number of rotatable bonds is 4. The highest BCUT2D eigenvalue weighted by Crippen LogP contribution is 2.35. The number of imide groups is 2. The molecule has 8 heteroatoms. The van der Waals surface area contributed by atoms with Crippen molar-refractivity contribution in [3.8, 4) is 11.5 Å². The van der Waals surface area contributed by atoms with Gasteiger partial charge in [0.15, 0.2) is 11.5 Å². The van der Waals surface area contributed by atoms with Crippen LogP contribution >= 0.6 is 22.6 Å². The first kappa shape index (κ1) is 19.9. The van der Waals surface area contributed by atoms with Crippen molar-refractivity contribution < 1.29 is 23.9 Å². The molecule has 2 aromatic rings. The van der Waals surface area contributed by atoms with Crippen LogP contribution in [0.15, 0.2) is 42.0 Å². The van der Waals surface area contributed by atoms with Gasteiger partial charge in [-0.2, -0.15) is 0 Å². The predicted molar refractivity (Wildman–Crippen MR) is 112 cm³/mol. The first-order valence-corrected chi connectivity index (χ1v) is 9.33. The molecule has 2 aromatic carbocycles. The van der Waals surface area contributed by atoms with Gasteiger partial charge in [-0.05, 0) is 59.9 Å². The van der Waals surface area contributed by atoms with E-state index in [0.717, 1.165) is 14.0 Å². The summed E-state index contributed by atoms with van der Waals surface area (Å²) in [7, 11) is 2.97. The van der Waals surface area contributed by atoms with Crippen LogP contribution in [0.25, 0.3) is 6.08 Å². The molecular weight excluding hydrogens is 475 g/mol. The third kappa shape index (κ3) is 3.72. The lowest BCUT2D eigenvalue weighted by atomic mass is 10.1. The number of amides is 4. The predicted octanol–water partition coefficient (Wildman–Crippen LogP) is 3.28. The number of nitrogens with one attached hydrogen (secondary N) is 1. The second kappa shape index (κ2) is 8.01. The third-order valence-corrected chi connectivity index (χ3v) is 4.79. The van der Waals surface area contributed by atoms with Crippen molar-refractivity contribution in [3.05, 3.63) is 56.7 Å². The summed E-state index contributed by atoms with van der Waals surface area (Å²) in [6.45, 7) is 1.90. The maximum atomic E-state index is 13.0. The number of benzene rings is 2. The molecule has 144 valence electrons. The molecule has 0 bridgehead atoms. The number of ether oxygens (including phenoxy) is 2. The van der Waals surface area contributed by atoms with E-state index in [1.165, 1.54) is 20.3 Å². The Hall–Kier alpha value is -2.88. The van der Waals surface area contributed by atoms with Crippen molar-refractivity contribution in [1.29, 1.82) is 0 Å². The molecule has 0 unspecified atom stereocenters. The molecule has 0 saturated carbocycles. The number of barbiturate groups is 1. The molecule has 1 fully saturated rings. The normalized spacial score (nSPS) is 15.6. The molecule has 3 rings (SSSR count). The van der Waals surface area contributed by atoms with Gasteiger partial charge in [-0.3, -0.25) is 14.9 Å². The Balaban J connectivity index is 2.09. The second-order valence-corrected chi connectivity index (χ2v) is 7.27. The number of anilines is 1. The Morgan fingerprint density at radius 2 is 1.71 bits per heavy atom. The van der Waals surface area contributed by atoms with Gasteiger partial charge in [0, 0.05) is 9.13 Å². The lowest BCUT2D eigenvalue weighted by molar-refractivity contribution is -0.122. The summed E-state index contributed by atoms with van der Waals surface area (Å²) in [4.78, 5) is 38.6. The van der Waals surface area contributed by atoms with Gasteiger partial charge in [-0.1, -0.05) is 17.7 Å². The molecule has 1 saturated heterocycles. The fraction of sp³-hybridized carbons (Fsp3) is 0.150. The molecule has 0 aliphatic carbocycles. The highest BCUT2D eigenvalue weighted by molar-refractivity contribution is 14.1. The van der Waals surface area contributed by atoms with Gasteiger partial charge in [0.1, 0.15) is 5.57 Å². The fourth-order valence-electron chi connectivity index (χ4n) is 2.81. The second-order valence-electron chi connectivity index (χ2n) is 6.02. The van der Waals surface area contributed by atoms with E-state index in [-0.39, 0.29) is 5.57 Å². The highest BCUT2D eigenvalue weighted by atomic mass is 127. The molecule has 4 amide bonds. The molecule has 1 aliphatic rings. The molecule has 0 aromatic heterocycles. The first-order valence-electron chi connectivity index (χ1n) is 8.25. The number of urea groups is 1. The Morgan fingerprint density at radius 3 is 2.32 bits per heavy atom. The molecule has 0 atom stereocenters. The number of hydrogen-bond donors (Lipinski definition) is 1. The van der Waals surface area contributed by atoms with E-state index in [9.17, 15) is 14.4 Å². The van der Waals surface area contributed by atoms with Gasteiger partial charge < -0.3 is 9.47 Å². The average Bonchev–Trinajstić information content (AvgIpc) is 2.66. The van der Waals surface area contributed by atoms with Crippen LogP contribution in [0.5, 0.6) is 11.5 Å². The highest BCUT2D eigenvalue weighted by Gasteiger charge is 2.37. The summed E-state index contributed by atoms with van der Waals surface area (Å²) >= 11 is 2.10. The van der Waals surface area contributed by atoms with Gasteiger partial charge in [0.25, 0.3) is 11.8 Å². The van der Waals surface area contributed by atoms with Gasteiger partial charge in [-0.25, -0.2) is 9.69 Å². The third-order valence-electron chi connectivity index (χ3n) is 4.17. The van der Waals surface area contributed by atoms with Gasteiger partial charge in [-0.15, -0.1) is 0 Å². The summed E-state index contributed by atoms with van der Waals surface area (Å²) in [5, 5.41) is 2.21. The standard InChI is InChI=1S/C20H17IN2O5/c1-11-4-6-14(7-5-11)23-19(25)15(18(24)22-20(23)26)9-12-8-13(21)10-16(27-2)17(12)28-3/h4-10H,1-3H3,(H,22,24,26)/b15-9+. The molecule has 1 aliphatic heterocycles. The molecule has 7 nitrogen and oxygen atoms in total. The molecule has 0 spiro atoms. The number of aryl methyl sites for hydroxylation is 1. The van der Waals surface area contributed by atoms with Gasteiger partial charge in [0.05, 0.1) is 19.9 Å². The number of methoxy groups -OCH3 is 2. The summed E-state index contributed by atoms with van der Waals surface area (Å²) in [6.07, 6.45) is 1.40. The van der Waals surface area contributed by atoms with Crippen LogP contribution in [-0.2, 0) is 9.59 Å². The number of halogens is 1. The van der Waals surface area contributed by atoms with Crippen LogP contribution in [0.2, 0.25) is 0 Å². The maximum absolute atomic E-state index is 13.0. The summed E-state index contributed by atoms with van der Waals surface area (Å²) in [6, 6.07) is 9.59. The van der Waals surface area contributed by atoms with Crippen LogP contribution in [0.1, 0.15) is 11.1 Å². The van der Waals surface area contributed by atoms with Crippen molar-refractivity contribution in [1.82, 2.24) is 5.32 Å². The Bertz CT molecular complexity index is 998. The van der Waals surface area contributed by atoms with Crippen molar-refractivity contribution in [2.24, 2.45) is 0 Å². The summed E-state index contributed by atoms with van der Waals surface area (Å²) < 4.78 is 11.5.